The molecule has 17 heavy (non-hydrogen) atoms. The molecule has 1 aromatic carbocycles. The smallest absolute Gasteiger partial charge is 0.119 e. The third kappa shape index (κ3) is 3.90. The van der Waals surface area contributed by atoms with Gasteiger partial charge in [0.05, 0.1) is 0 Å². The Labute approximate surface area is 108 Å². The van der Waals surface area contributed by atoms with E-state index in [1.54, 1.807) is 0 Å². The number of rotatable bonds is 2. The highest BCUT2D eigenvalue weighted by Gasteiger charge is 2.20. The average molecular weight is 254 g/mol. The number of ether oxygens (including phenoxy) is 1. The summed E-state index contributed by atoms with van der Waals surface area (Å²) in [7, 11) is 0. The van der Waals surface area contributed by atoms with Crippen LogP contribution in [0.4, 0.5) is 0 Å². The Hall–Kier alpha value is -0.730. The molecule has 0 saturated heterocycles. The van der Waals surface area contributed by atoms with E-state index in [1.165, 1.54) is 25.7 Å². The molecule has 3 heteroatoms. The summed E-state index contributed by atoms with van der Waals surface area (Å²) in [5, 5.41) is 0.735. The highest BCUT2D eigenvalue weighted by Crippen LogP contribution is 2.23. The maximum absolute atomic E-state index is 6.18. The molecule has 1 aliphatic rings. The first-order chi connectivity index (χ1) is 8.25. The Morgan fingerprint density at radius 1 is 1.00 bits per heavy atom. The van der Waals surface area contributed by atoms with Gasteiger partial charge in [0.2, 0.25) is 0 Å². The maximum atomic E-state index is 6.18. The summed E-state index contributed by atoms with van der Waals surface area (Å²) in [5.41, 5.74) is 6.18. The second kappa shape index (κ2) is 6.27. The molecular weight excluding hydrogens is 234 g/mol. The number of hydrogen-bond donors (Lipinski definition) is 1. The van der Waals surface area contributed by atoms with Crippen LogP contribution < -0.4 is 10.5 Å². The monoisotopic (exact) mass is 253 g/mol. The number of nitrogens with two attached hydrogens (primary N) is 1. The third-order valence-electron chi connectivity index (χ3n) is 3.35. The Balaban J connectivity index is 1.97. The SMILES string of the molecule is NC1CCCCCCC1Oc1ccc(Cl)cc1. The van der Waals surface area contributed by atoms with Crippen LogP contribution in [-0.4, -0.2) is 12.1 Å². The van der Waals surface area contributed by atoms with Crippen LogP contribution in [0.15, 0.2) is 24.3 Å². The van der Waals surface area contributed by atoms with E-state index in [4.69, 9.17) is 22.1 Å². The molecule has 1 aromatic rings. The number of benzene rings is 1. The summed E-state index contributed by atoms with van der Waals surface area (Å²) >= 11 is 5.85. The van der Waals surface area contributed by atoms with Crippen LogP contribution in [0.2, 0.25) is 5.02 Å². The van der Waals surface area contributed by atoms with E-state index in [9.17, 15) is 0 Å². The molecule has 2 nitrogen and oxygen atoms in total. The molecule has 94 valence electrons. The highest BCUT2D eigenvalue weighted by molar-refractivity contribution is 6.30. The van der Waals surface area contributed by atoms with Gasteiger partial charge >= 0.3 is 0 Å². The maximum Gasteiger partial charge on any atom is 0.119 e. The van der Waals surface area contributed by atoms with Crippen LogP contribution in [0.1, 0.15) is 38.5 Å². The van der Waals surface area contributed by atoms with Crippen molar-refractivity contribution in [2.75, 3.05) is 0 Å². The predicted octanol–water partition coefficient (Wildman–Crippen LogP) is 3.77. The lowest BCUT2D eigenvalue weighted by molar-refractivity contribution is 0.145. The third-order valence-corrected chi connectivity index (χ3v) is 3.61. The van der Waals surface area contributed by atoms with Gasteiger partial charge < -0.3 is 10.5 Å². The van der Waals surface area contributed by atoms with Crippen LogP contribution >= 0.6 is 11.6 Å². The quantitative estimate of drug-likeness (QED) is 0.871. The predicted molar refractivity (Wildman–Crippen MR) is 71.5 cm³/mol. The molecule has 0 spiro atoms. The molecule has 0 aliphatic heterocycles. The Morgan fingerprint density at radius 2 is 1.65 bits per heavy atom. The van der Waals surface area contributed by atoms with Gasteiger partial charge in [0.25, 0.3) is 0 Å². The first kappa shape index (κ1) is 12.7. The lowest BCUT2D eigenvalue weighted by Gasteiger charge is -2.27. The van der Waals surface area contributed by atoms with Crippen LogP contribution in [-0.2, 0) is 0 Å². The summed E-state index contributed by atoms with van der Waals surface area (Å²) in [6, 6.07) is 7.68. The zero-order valence-corrected chi connectivity index (χ0v) is 10.8. The highest BCUT2D eigenvalue weighted by atomic mass is 35.5. The summed E-state index contributed by atoms with van der Waals surface area (Å²) in [6.07, 6.45) is 7.32. The van der Waals surface area contributed by atoms with Gasteiger partial charge in [0.1, 0.15) is 11.9 Å². The van der Waals surface area contributed by atoms with E-state index in [0.29, 0.717) is 0 Å². The Morgan fingerprint density at radius 3 is 2.35 bits per heavy atom. The minimum Gasteiger partial charge on any atom is -0.489 e. The van der Waals surface area contributed by atoms with Crippen molar-refractivity contribution in [3.8, 4) is 5.75 Å². The largest absolute Gasteiger partial charge is 0.489 e. The minimum atomic E-state index is 0.150. The van der Waals surface area contributed by atoms with Crippen molar-refractivity contribution in [3.63, 3.8) is 0 Å². The fraction of sp³-hybridized carbons (Fsp3) is 0.571. The van der Waals surface area contributed by atoms with Gasteiger partial charge in [-0.2, -0.15) is 0 Å². The standard InChI is InChI=1S/C14H20ClNO/c15-11-7-9-12(10-8-11)17-14-6-4-2-1-3-5-13(14)16/h7-10,13-14H,1-6,16H2. The van der Waals surface area contributed by atoms with Gasteiger partial charge in [-0.1, -0.05) is 30.9 Å². The van der Waals surface area contributed by atoms with Crippen molar-refractivity contribution in [1.82, 2.24) is 0 Å². The lowest BCUT2D eigenvalue weighted by atomic mass is 9.95. The Bertz CT molecular complexity index is 339. The van der Waals surface area contributed by atoms with Gasteiger partial charge in [-0.05, 0) is 43.5 Å². The molecule has 2 N–H and O–H groups in total. The van der Waals surface area contributed by atoms with Crippen molar-refractivity contribution in [3.05, 3.63) is 29.3 Å². The van der Waals surface area contributed by atoms with Crippen LogP contribution in [0.3, 0.4) is 0 Å². The van der Waals surface area contributed by atoms with Crippen molar-refractivity contribution in [2.45, 2.75) is 50.7 Å². The van der Waals surface area contributed by atoms with Crippen LogP contribution in [0.5, 0.6) is 5.75 Å². The molecule has 1 aliphatic carbocycles. The van der Waals surface area contributed by atoms with Gasteiger partial charge in [0, 0.05) is 11.1 Å². The van der Waals surface area contributed by atoms with E-state index < -0.39 is 0 Å². The minimum absolute atomic E-state index is 0.150. The second-order valence-corrected chi connectivity index (χ2v) is 5.20. The first-order valence-electron chi connectivity index (χ1n) is 6.43. The molecule has 1 saturated carbocycles. The molecule has 2 unspecified atom stereocenters. The van der Waals surface area contributed by atoms with Crippen LogP contribution in [0.25, 0.3) is 0 Å². The molecule has 0 radical (unpaired) electrons. The van der Waals surface area contributed by atoms with Gasteiger partial charge in [-0.3, -0.25) is 0 Å². The summed E-state index contributed by atoms with van der Waals surface area (Å²) in [5.74, 6) is 0.871. The van der Waals surface area contributed by atoms with E-state index in [2.05, 4.69) is 0 Å². The summed E-state index contributed by atoms with van der Waals surface area (Å²) in [6.45, 7) is 0. The van der Waals surface area contributed by atoms with Gasteiger partial charge in [-0.25, -0.2) is 0 Å². The van der Waals surface area contributed by atoms with E-state index in [1.807, 2.05) is 24.3 Å². The summed E-state index contributed by atoms with van der Waals surface area (Å²) in [4.78, 5) is 0. The normalized spacial score (nSPS) is 26.0. The zero-order chi connectivity index (χ0) is 12.1. The van der Waals surface area contributed by atoms with Crippen molar-refractivity contribution < 1.29 is 4.74 Å². The first-order valence-corrected chi connectivity index (χ1v) is 6.81. The number of halogens is 1. The topological polar surface area (TPSA) is 35.2 Å². The van der Waals surface area contributed by atoms with E-state index in [-0.39, 0.29) is 12.1 Å². The molecule has 0 aromatic heterocycles. The molecule has 1 fully saturated rings. The Kier molecular flexibility index (Phi) is 4.69. The molecule has 2 rings (SSSR count). The van der Waals surface area contributed by atoms with Crippen molar-refractivity contribution in [1.29, 1.82) is 0 Å². The van der Waals surface area contributed by atoms with Crippen molar-refractivity contribution in [2.24, 2.45) is 5.73 Å². The fourth-order valence-electron chi connectivity index (χ4n) is 2.31. The second-order valence-electron chi connectivity index (χ2n) is 4.77. The number of hydrogen-bond acceptors (Lipinski definition) is 2. The molecule has 0 heterocycles. The fourth-order valence-corrected chi connectivity index (χ4v) is 2.44. The average Bonchev–Trinajstić information content (AvgIpc) is 2.31. The van der Waals surface area contributed by atoms with Gasteiger partial charge in [0.15, 0.2) is 0 Å². The van der Waals surface area contributed by atoms with E-state index >= 15 is 0 Å². The van der Waals surface area contributed by atoms with Crippen LogP contribution in [0, 0.1) is 0 Å². The molecule has 2 atom stereocenters. The molecule has 0 amide bonds. The zero-order valence-electron chi connectivity index (χ0n) is 10.1. The van der Waals surface area contributed by atoms with Crippen molar-refractivity contribution >= 4 is 11.6 Å². The van der Waals surface area contributed by atoms with Gasteiger partial charge in [-0.15, -0.1) is 0 Å². The molecular formula is C14H20ClNO. The lowest BCUT2D eigenvalue weighted by Crippen LogP contribution is -2.39. The summed E-state index contributed by atoms with van der Waals surface area (Å²) < 4.78 is 5.97. The van der Waals surface area contributed by atoms with E-state index in [0.717, 1.165) is 23.6 Å². The molecule has 0 bridgehead atoms.